The number of likely N-dealkylation sites (N-methyl/N-ethyl adjacent to an activating group) is 1. The minimum Gasteiger partial charge on any atom is -0.465 e. The molecule has 14 atom stereocenters. The lowest BCUT2D eigenvalue weighted by molar-refractivity contribution is -0.316. The van der Waals surface area contributed by atoms with Crippen molar-refractivity contribution >= 4 is 42.4 Å². The number of carboxylic acid groups (broad SMARTS) is 1. The molecule has 5 aliphatic rings. The van der Waals surface area contributed by atoms with E-state index in [0.717, 1.165) is 36.3 Å². The predicted molar refractivity (Wildman–Crippen MR) is 286 cm³/mol. The fraction of sp³-hybridized carbons (Fsp3) is 0.764. The van der Waals surface area contributed by atoms with Crippen LogP contribution in [0, 0.1) is 0 Å². The second-order valence-corrected chi connectivity index (χ2v) is 24.4. The fourth-order valence-electron chi connectivity index (χ4n) is 10.7. The average molecular weight is 1170 g/mol. The Labute approximate surface area is 477 Å². The van der Waals surface area contributed by atoms with Gasteiger partial charge in [0, 0.05) is 26.8 Å². The molecule has 0 aromatic heterocycles. The van der Waals surface area contributed by atoms with Crippen LogP contribution in [0.4, 0.5) is 14.4 Å². The van der Waals surface area contributed by atoms with E-state index in [9.17, 15) is 59.1 Å². The lowest BCUT2D eigenvalue weighted by atomic mass is 9.82. The number of benzene rings is 1. The molecule has 3 saturated heterocycles. The normalized spacial score (nSPS) is 30.1. The largest absolute Gasteiger partial charge is 0.465 e. The minimum atomic E-state index is -1.99. The molecule has 6 rings (SSSR count). The van der Waals surface area contributed by atoms with Crippen molar-refractivity contribution in [2.45, 2.75) is 229 Å². The van der Waals surface area contributed by atoms with Crippen LogP contribution in [0.1, 0.15) is 147 Å². The van der Waals surface area contributed by atoms with E-state index in [4.69, 9.17) is 42.7 Å². The average Bonchev–Trinajstić information content (AvgIpc) is 2.33. The molecule has 1 aromatic rings. The summed E-state index contributed by atoms with van der Waals surface area (Å²) in [5.41, 5.74) is -4.39. The van der Waals surface area contributed by atoms with Crippen molar-refractivity contribution in [3.63, 3.8) is 0 Å². The quantitative estimate of drug-likeness (QED) is 0.0338. The van der Waals surface area contributed by atoms with Crippen LogP contribution in [0.15, 0.2) is 24.3 Å². The highest BCUT2D eigenvalue weighted by Crippen LogP contribution is 2.36. The monoisotopic (exact) mass is 1170 g/mol. The van der Waals surface area contributed by atoms with Crippen LogP contribution in [0.3, 0.4) is 0 Å². The molecule has 4 aliphatic heterocycles. The predicted octanol–water partition coefficient (Wildman–Crippen LogP) is 2.67. The highest BCUT2D eigenvalue weighted by Gasteiger charge is 2.55. The number of carbonyl (C=O) groups excluding carboxylic acids is 6. The lowest BCUT2D eigenvalue weighted by Gasteiger charge is -2.50. The number of nitrogens with one attached hydrogen (secondary N) is 3. The highest BCUT2D eigenvalue weighted by molar-refractivity contribution is 6.21. The van der Waals surface area contributed by atoms with Crippen LogP contribution in [0.2, 0.25) is 0 Å². The Kier molecular flexibility index (Phi) is 22.5. The van der Waals surface area contributed by atoms with Gasteiger partial charge in [-0.25, -0.2) is 19.4 Å². The van der Waals surface area contributed by atoms with E-state index < -0.39 is 138 Å². The fourth-order valence-corrected chi connectivity index (χ4v) is 10.7. The SMILES string of the molecule is CN(C(=O)O)[C@@H]1[C@@H](O)[C@@H](O[C@@H]2[C@H](O)[C@H](O[C@H]3O[C@H](CN(C=O)OC(C)(C)CCCOC4CCCCO4)CC[C@H]3NC(=O)OC(C)(C)C)[C@@H](NC(=O)OC(C)(C)C)C[C@H]2NC(=O)[C@@H](O)CCCN2C(=O)c3ccccc3C2=O)OC[C@]1(C)O. The van der Waals surface area contributed by atoms with Crippen molar-refractivity contribution in [3.05, 3.63) is 35.4 Å². The van der Waals surface area contributed by atoms with E-state index in [1.54, 1.807) is 53.7 Å². The molecule has 1 unspecified atom stereocenters. The third-order valence-electron chi connectivity index (χ3n) is 14.5. The zero-order valence-corrected chi connectivity index (χ0v) is 48.6. The van der Waals surface area contributed by atoms with Gasteiger partial charge in [-0.3, -0.25) is 28.9 Å². The van der Waals surface area contributed by atoms with Crippen molar-refractivity contribution in [2.24, 2.45) is 0 Å². The van der Waals surface area contributed by atoms with Gasteiger partial charge in [0.1, 0.15) is 47.3 Å². The topological polar surface area (TPSA) is 350 Å². The Morgan fingerprint density at radius 1 is 0.829 bits per heavy atom. The molecule has 0 bridgehead atoms. The van der Waals surface area contributed by atoms with E-state index in [2.05, 4.69) is 16.0 Å². The maximum atomic E-state index is 14.1. The molecule has 4 fully saturated rings. The Bertz CT molecular complexity index is 2320. The Morgan fingerprint density at radius 3 is 2.00 bits per heavy atom. The molecule has 0 radical (unpaired) electrons. The number of hydrogen-bond donors (Lipinski definition) is 8. The molecule has 7 amide bonds. The summed E-state index contributed by atoms with van der Waals surface area (Å²) in [7, 11) is 1.11. The number of hydroxylamine groups is 2. The second kappa shape index (κ2) is 28.0. The molecule has 27 heteroatoms. The van der Waals surface area contributed by atoms with Gasteiger partial charge in [0.25, 0.3) is 11.8 Å². The molecular weight excluding hydrogens is 1080 g/mol. The summed E-state index contributed by atoms with van der Waals surface area (Å²) >= 11 is 0. The third-order valence-corrected chi connectivity index (χ3v) is 14.5. The van der Waals surface area contributed by atoms with Crippen molar-refractivity contribution in [1.82, 2.24) is 30.8 Å². The van der Waals surface area contributed by atoms with Gasteiger partial charge in [-0.1, -0.05) is 12.1 Å². The highest BCUT2D eigenvalue weighted by atomic mass is 16.7. The van der Waals surface area contributed by atoms with E-state index >= 15 is 0 Å². The van der Waals surface area contributed by atoms with Crippen molar-refractivity contribution in [1.29, 1.82) is 0 Å². The summed E-state index contributed by atoms with van der Waals surface area (Å²) in [6, 6.07) is 0.915. The molecule has 1 saturated carbocycles. The maximum absolute atomic E-state index is 14.1. The van der Waals surface area contributed by atoms with Crippen LogP contribution in [-0.2, 0) is 52.3 Å². The summed E-state index contributed by atoms with van der Waals surface area (Å²) in [6.45, 7) is 14.9. The Morgan fingerprint density at radius 2 is 1.43 bits per heavy atom. The first-order valence-electron chi connectivity index (χ1n) is 28.1. The van der Waals surface area contributed by atoms with Crippen molar-refractivity contribution in [2.75, 3.05) is 40.0 Å². The van der Waals surface area contributed by atoms with Gasteiger partial charge in [0.15, 0.2) is 18.9 Å². The van der Waals surface area contributed by atoms with Crippen LogP contribution in [0.25, 0.3) is 0 Å². The van der Waals surface area contributed by atoms with Crippen molar-refractivity contribution in [3.8, 4) is 0 Å². The lowest BCUT2D eigenvalue weighted by Crippen LogP contribution is -2.70. The number of hydrogen-bond acceptors (Lipinski definition) is 20. The van der Waals surface area contributed by atoms with E-state index in [0.29, 0.717) is 37.4 Å². The van der Waals surface area contributed by atoms with Gasteiger partial charge < -0.3 is 84.3 Å². The number of fused-ring (bicyclic) bond motifs is 1. The minimum absolute atomic E-state index is 0.0200. The zero-order valence-electron chi connectivity index (χ0n) is 48.6. The van der Waals surface area contributed by atoms with Crippen LogP contribution < -0.4 is 16.0 Å². The summed E-state index contributed by atoms with van der Waals surface area (Å²) < 4.78 is 48.1. The third kappa shape index (κ3) is 18.1. The summed E-state index contributed by atoms with van der Waals surface area (Å²) in [5.74, 6) is -2.08. The number of amides is 7. The van der Waals surface area contributed by atoms with E-state index in [-0.39, 0.29) is 62.6 Å². The standard InChI is InChI=1S/C55H86N6O21/c1-52(2,3)80-49(69)57-34-22-21-31(28-60(30-62)82-54(7,8)23-16-26-75-38-20-13-14-25-74-38)77-47(34)78-42-36(58-50(70)81-53(4,5)6)27-35(41(39(42)64)79-48-40(65)43(59(10)51(71)72)55(9,73)29-76-48)56-44(66)37(63)19-15-24-61-45(67)32-17-11-12-18-33(32)46(61)68/h11-12,17-18,30-31,34-43,47-48,63-65,73H,13-16,19-29H2,1-10H3,(H,56,66)(H,57,69)(H,58,70)(H,71,72)/t31-,34+,35+,36-,37-,38?,39-,40+,41-,42+,43+,47+,48+,55-/m0/s1. The number of ether oxygens (including phenoxy) is 8. The number of nitrogens with zero attached hydrogens (tertiary/aromatic N) is 3. The van der Waals surface area contributed by atoms with Gasteiger partial charge >= 0.3 is 18.3 Å². The first-order chi connectivity index (χ1) is 38.4. The molecule has 462 valence electrons. The summed E-state index contributed by atoms with van der Waals surface area (Å²) in [5, 5.41) is 66.3. The molecule has 27 nitrogen and oxygen atoms in total. The van der Waals surface area contributed by atoms with Gasteiger partial charge in [0.2, 0.25) is 12.3 Å². The van der Waals surface area contributed by atoms with Crippen LogP contribution in [0.5, 0.6) is 0 Å². The number of imide groups is 1. The first-order valence-corrected chi connectivity index (χ1v) is 28.1. The number of rotatable bonds is 23. The van der Waals surface area contributed by atoms with Gasteiger partial charge in [-0.05, 0) is 139 Å². The Hall–Kier alpha value is -5.33. The van der Waals surface area contributed by atoms with Gasteiger partial charge in [-0.2, -0.15) is 0 Å². The zero-order chi connectivity index (χ0) is 60.5. The van der Waals surface area contributed by atoms with E-state index in [1.165, 1.54) is 19.1 Å². The molecule has 82 heavy (non-hydrogen) atoms. The number of carbonyl (C=O) groups is 7. The number of alkyl carbamates (subject to hydrolysis) is 2. The van der Waals surface area contributed by atoms with Gasteiger partial charge in [0.05, 0.1) is 60.2 Å². The second-order valence-electron chi connectivity index (χ2n) is 24.4. The number of aliphatic hydroxyl groups excluding tert-OH is 3. The molecule has 0 spiro atoms. The molecule has 4 heterocycles. The van der Waals surface area contributed by atoms with Crippen molar-refractivity contribution < 1.29 is 102 Å². The maximum Gasteiger partial charge on any atom is 0.408 e. The van der Waals surface area contributed by atoms with Crippen LogP contribution in [-0.4, -0.2) is 225 Å². The molecule has 1 aromatic carbocycles. The van der Waals surface area contributed by atoms with Crippen LogP contribution >= 0.6 is 0 Å². The molecule has 8 N–H and O–H groups in total. The molecule has 1 aliphatic carbocycles. The summed E-state index contributed by atoms with van der Waals surface area (Å²) in [6.07, 6.45) is -12.8. The summed E-state index contributed by atoms with van der Waals surface area (Å²) in [4.78, 5) is 100. The number of aliphatic hydroxyl groups is 4. The smallest absolute Gasteiger partial charge is 0.408 e. The van der Waals surface area contributed by atoms with E-state index in [1.807, 2.05) is 13.8 Å². The molecular formula is C55H86N6O21. The Balaban J connectivity index is 1.28. The first kappa shape index (κ1) is 65.8. The van der Waals surface area contributed by atoms with Gasteiger partial charge in [-0.15, -0.1) is 0 Å².